The van der Waals surface area contributed by atoms with E-state index in [-0.39, 0.29) is 25.9 Å². The largest absolute Gasteiger partial charge is 0.325 e. The van der Waals surface area contributed by atoms with Gasteiger partial charge in [-0.1, -0.05) is 0 Å². The Labute approximate surface area is 165 Å². The summed E-state index contributed by atoms with van der Waals surface area (Å²) < 4.78 is 68.5. The van der Waals surface area contributed by atoms with Crippen LogP contribution in [0.1, 0.15) is 31.9 Å². The molecule has 0 aromatic carbocycles. The molecule has 1 atom stereocenters. The number of carbonyl (C=O) groups excluding carboxylic acids is 1. The highest BCUT2D eigenvalue weighted by Gasteiger charge is 2.50. The van der Waals surface area contributed by atoms with E-state index in [0.29, 0.717) is 5.69 Å². The van der Waals surface area contributed by atoms with E-state index in [1.54, 1.807) is 0 Å². The van der Waals surface area contributed by atoms with Crippen molar-refractivity contribution in [1.82, 2.24) is 24.9 Å². The molecular weight excluding hydrogens is 413 g/mol. The molecule has 0 saturated carbocycles. The lowest BCUT2D eigenvalue weighted by molar-refractivity contribution is 0.116. The van der Waals surface area contributed by atoms with Gasteiger partial charge in [-0.3, -0.25) is 9.78 Å². The van der Waals surface area contributed by atoms with Crippen LogP contribution in [0.5, 0.6) is 0 Å². The van der Waals surface area contributed by atoms with Crippen molar-refractivity contribution >= 4 is 21.6 Å². The summed E-state index contributed by atoms with van der Waals surface area (Å²) >= 11 is 0. The lowest BCUT2D eigenvalue weighted by Gasteiger charge is -2.37. The minimum atomic E-state index is -4.73. The highest BCUT2D eigenvalue weighted by atomic mass is 32.2. The molecule has 2 amide bonds. The molecule has 1 saturated heterocycles. The number of urea groups is 1. The van der Waals surface area contributed by atoms with E-state index in [9.17, 15) is 22.0 Å². The van der Waals surface area contributed by atoms with Crippen LogP contribution in [0.3, 0.4) is 0 Å². The zero-order valence-corrected chi connectivity index (χ0v) is 16.6. The summed E-state index contributed by atoms with van der Waals surface area (Å²) in [6.45, 7) is 1.13. The molecular formula is C16H21F3N6O3S. The van der Waals surface area contributed by atoms with Crippen molar-refractivity contribution in [2.45, 2.75) is 36.1 Å². The number of nitrogens with one attached hydrogen (secondary N) is 2. The van der Waals surface area contributed by atoms with Crippen molar-refractivity contribution in [2.24, 2.45) is 13.0 Å². The van der Waals surface area contributed by atoms with Crippen molar-refractivity contribution in [3.8, 4) is 0 Å². The Morgan fingerprint density at radius 3 is 2.59 bits per heavy atom. The lowest BCUT2D eigenvalue weighted by atomic mass is 9.92. The standard InChI is InChI=1S/C16H21F3N6O3S/c1-16(19,29(27,28)12-9-24(2)23-13(12)14(17)18)10-3-5-25(6-4-10)15(26)22-11-7-20-21-8-11/h7-10,14H,3-6H2,1-2H3,(H,20,21)(H,22,26). The maximum Gasteiger partial charge on any atom is 0.321 e. The van der Waals surface area contributed by atoms with Crippen molar-refractivity contribution in [1.29, 1.82) is 0 Å². The lowest BCUT2D eigenvalue weighted by Crippen LogP contribution is -2.48. The fraction of sp³-hybridized carbons (Fsp3) is 0.562. The number of aromatic nitrogens is 4. The van der Waals surface area contributed by atoms with Gasteiger partial charge in [0.05, 0.1) is 11.9 Å². The molecule has 0 aliphatic carbocycles. The zero-order valence-electron chi connectivity index (χ0n) is 15.8. The van der Waals surface area contributed by atoms with E-state index in [2.05, 4.69) is 20.6 Å². The summed E-state index contributed by atoms with van der Waals surface area (Å²) in [5, 5.41) is 9.54. The number of alkyl halides is 3. The summed E-state index contributed by atoms with van der Waals surface area (Å²) in [4.78, 5) is 12.9. The van der Waals surface area contributed by atoms with Crippen LogP contribution < -0.4 is 5.32 Å². The fourth-order valence-electron chi connectivity index (χ4n) is 3.40. The highest BCUT2D eigenvalue weighted by molar-refractivity contribution is 7.92. The van der Waals surface area contributed by atoms with Gasteiger partial charge in [0.25, 0.3) is 6.43 Å². The SMILES string of the molecule is Cn1cc(S(=O)(=O)C(C)(F)C2CCN(C(=O)Nc3cn[nH]c3)CC2)c(C(F)F)n1. The molecule has 1 fully saturated rings. The molecule has 1 aliphatic rings. The van der Waals surface area contributed by atoms with Gasteiger partial charge in [-0.25, -0.2) is 26.4 Å². The van der Waals surface area contributed by atoms with Crippen molar-refractivity contribution in [2.75, 3.05) is 18.4 Å². The number of hydrogen-bond donors (Lipinski definition) is 2. The third-order valence-corrected chi connectivity index (χ3v) is 7.38. The topological polar surface area (TPSA) is 113 Å². The predicted octanol–water partition coefficient (Wildman–Crippen LogP) is 2.48. The van der Waals surface area contributed by atoms with Crippen LogP contribution in [0.2, 0.25) is 0 Å². The molecule has 0 bridgehead atoms. The number of hydrogen-bond acceptors (Lipinski definition) is 5. The van der Waals surface area contributed by atoms with Crippen molar-refractivity contribution in [3.05, 3.63) is 24.3 Å². The first kappa shape index (κ1) is 21.1. The summed E-state index contributed by atoms with van der Waals surface area (Å²) in [7, 11) is -3.44. The molecule has 0 radical (unpaired) electrons. The average Bonchev–Trinajstić information content (AvgIpc) is 3.31. The van der Waals surface area contributed by atoms with Crippen molar-refractivity contribution < 1.29 is 26.4 Å². The number of aromatic amines is 1. The van der Waals surface area contributed by atoms with Crippen LogP contribution in [0, 0.1) is 5.92 Å². The second-order valence-electron chi connectivity index (χ2n) is 7.02. The number of nitrogens with zero attached hydrogens (tertiary/aromatic N) is 4. The Morgan fingerprint density at radius 2 is 2.03 bits per heavy atom. The van der Waals surface area contributed by atoms with Crippen LogP contribution in [0.4, 0.5) is 23.7 Å². The number of rotatable bonds is 5. The van der Waals surface area contributed by atoms with E-state index in [0.717, 1.165) is 17.8 Å². The third kappa shape index (κ3) is 3.95. The average molecular weight is 434 g/mol. The Kier molecular flexibility index (Phi) is 5.61. The van der Waals surface area contributed by atoms with Gasteiger partial charge in [-0.2, -0.15) is 10.2 Å². The van der Waals surface area contributed by atoms with Crippen molar-refractivity contribution in [3.63, 3.8) is 0 Å². The quantitative estimate of drug-likeness (QED) is 0.751. The van der Waals surface area contributed by atoms with Gasteiger partial charge in [0.2, 0.25) is 14.8 Å². The number of sulfone groups is 1. The van der Waals surface area contributed by atoms with Gasteiger partial charge < -0.3 is 10.2 Å². The number of anilines is 1. The monoisotopic (exact) mass is 434 g/mol. The predicted molar refractivity (Wildman–Crippen MR) is 96.8 cm³/mol. The Hall–Kier alpha value is -2.57. The fourth-order valence-corrected chi connectivity index (χ4v) is 5.20. The summed E-state index contributed by atoms with van der Waals surface area (Å²) in [5.74, 6) is -0.962. The van der Waals surface area contributed by atoms with Crippen LogP contribution in [0.15, 0.2) is 23.5 Å². The second kappa shape index (κ2) is 7.69. The van der Waals surface area contributed by atoms with Gasteiger partial charge in [0.1, 0.15) is 10.6 Å². The Balaban J connectivity index is 1.73. The van der Waals surface area contributed by atoms with Crippen LogP contribution in [-0.4, -0.2) is 57.4 Å². The molecule has 1 aliphatic heterocycles. The zero-order chi connectivity index (χ0) is 21.4. The smallest absolute Gasteiger partial charge is 0.321 e. The molecule has 3 heterocycles. The number of carbonyl (C=O) groups is 1. The maximum absolute atomic E-state index is 15.5. The van der Waals surface area contributed by atoms with Gasteiger partial charge in [0, 0.05) is 38.4 Å². The minimum Gasteiger partial charge on any atom is -0.325 e. The maximum atomic E-state index is 15.5. The van der Waals surface area contributed by atoms with Crippen LogP contribution in [0.25, 0.3) is 0 Å². The van der Waals surface area contributed by atoms with Gasteiger partial charge in [-0.05, 0) is 19.8 Å². The first-order valence-corrected chi connectivity index (χ1v) is 10.3. The summed E-state index contributed by atoms with van der Waals surface area (Å²) in [5.41, 5.74) is -0.501. The molecule has 13 heteroatoms. The number of piperidine rings is 1. The first-order chi connectivity index (χ1) is 13.5. The Bertz CT molecular complexity index is 966. The molecule has 2 aromatic rings. The van der Waals surface area contributed by atoms with E-state index in [4.69, 9.17) is 0 Å². The molecule has 29 heavy (non-hydrogen) atoms. The summed E-state index contributed by atoms with van der Waals surface area (Å²) in [6, 6.07) is -0.416. The molecule has 0 spiro atoms. The Morgan fingerprint density at radius 1 is 1.38 bits per heavy atom. The molecule has 2 N–H and O–H groups in total. The number of likely N-dealkylation sites (tertiary alicyclic amines) is 1. The molecule has 160 valence electrons. The molecule has 9 nitrogen and oxygen atoms in total. The normalized spacial score (nSPS) is 18.1. The third-order valence-electron chi connectivity index (χ3n) is 5.10. The number of amides is 2. The van der Waals surface area contributed by atoms with E-state index in [1.165, 1.54) is 24.3 Å². The van der Waals surface area contributed by atoms with E-state index < -0.39 is 43.8 Å². The molecule has 2 aromatic heterocycles. The van der Waals surface area contributed by atoms with E-state index >= 15 is 4.39 Å². The van der Waals surface area contributed by atoms with Crippen LogP contribution >= 0.6 is 0 Å². The minimum absolute atomic E-state index is 0.0648. The van der Waals surface area contributed by atoms with Gasteiger partial charge in [0.15, 0.2) is 0 Å². The number of aryl methyl sites for hydroxylation is 1. The molecule has 1 unspecified atom stereocenters. The highest BCUT2D eigenvalue weighted by Crippen LogP contribution is 2.41. The van der Waals surface area contributed by atoms with Gasteiger partial charge in [-0.15, -0.1) is 0 Å². The van der Waals surface area contributed by atoms with Crippen LogP contribution in [-0.2, 0) is 16.9 Å². The first-order valence-electron chi connectivity index (χ1n) is 8.84. The van der Waals surface area contributed by atoms with E-state index in [1.807, 2.05) is 0 Å². The molecule has 3 rings (SSSR count). The number of halogens is 3. The second-order valence-corrected chi connectivity index (χ2v) is 9.27. The number of H-pyrrole nitrogens is 1. The van der Waals surface area contributed by atoms with Gasteiger partial charge >= 0.3 is 6.03 Å². The summed E-state index contributed by atoms with van der Waals surface area (Å²) in [6.07, 6.45) is 0.784.